The number of methoxy groups -OCH3 is 1. The Kier molecular flexibility index (Phi) is 4.46. The predicted octanol–water partition coefficient (Wildman–Crippen LogP) is 2.48. The lowest BCUT2D eigenvalue weighted by Gasteiger charge is -2.24. The lowest BCUT2D eigenvalue weighted by Crippen LogP contribution is -2.41. The third-order valence-electron chi connectivity index (χ3n) is 3.80. The molecule has 2 aromatic carbocycles. The molecule has 0 aromatic heterocycles. The molecule has 0 fully saturated rings. The van der Waals surface area contributed by atoms with Crippen LogP contribution in [0.4, 0.5) is 4.39 Å². The van der Waals surface area contributed by atoms with Crippen LogP contribution in [0.2, 0.25) is 0 Å². The standard InChI is InChI=1S/C18H16FNO4/c1-23-13-5-2-11(3-6-13)10-20-18(22)17-9-15(21)14-8-12(19)4-7-16(14)24-17/h2-8,17H,9-10H2,1H3,(H,20,22)/t17-/m0/s1. The fraction of sp³-hybridized carbons (Fsp3) is 0.222. The van der Waals surface area contributed by atoms with Gasteiger partial charge in [-0.25, -0.2) is 4.39 Å². The minimum absolute atomic E-state index is 0.106. The van der Waals surface area contributed by atoms with Gasteiger partial charge in [0.1, 0.15) is 17.3 Å². The van der Waals surface area contributed by atoms with Crippen LogP contribution in [-0.2, 0) is 11.3 Å². The Morgan fingerprint density at radius 3 is 2.75 bits per heavy atom. The van der Waals surface area contributed by atoms with Gasteiger partial charge in [0.25, 0.3) is 5.91 Å². The number of fused-ring (bicyclic) bond motifs is 1. The first-order chi connectivity index (χ1) is 11.6. The van der Waals surface area contributed by atoms with Gasteiger partial charge in [0.2, 0.25) is 0 Å². The number of Topliss-reactive ketones (excluding diaryl/α,β-unsaturated/α-hetero) is 1. The second-order valence-corrected chi connectivity index (χ2v) is 5.44. The molecule has 0 unspecified atom stereocenters. The summed E-state index contributed by atoms with van der Waals surface area (Å²) in [5, 5.41) is 2.74. The maximum absolute atomic E-state index is 13.2. The number of ketones is 1. The summed E-state index contributed by atoms with van der Waals surface area (Å²) < 4.78 is 23.8. The summed E-state index contributed by atoms with van der Waals surface area (Å²) in [4.78, 5) is 24.3. The molecule has 0 radical (unpaired) electrons. The van der Waals surface area contributed by atoms with Gasteiger partial charge >= 0.3 is 0 Å². The van der Waals surface area contributed by atoms with Gasteiger partial charge < -0.3 is 14.8 Å². The van der Waals surface area contributed by atoms with Crippen LogP contribution in [0.25, 0.3) is 0 Å². The van der Waals surface area contributed by atoms with E-state index < -0.39 is 11.9 Å². The lowest BCUT2D eigenvalue weighted by atomic mass is 10.00. The van der Waals surface area contributed by atoms with Crippen LogP contribution in [-0.4, -0.2) is 24.9 Å². The topological polar surface area (TPSA) is 64.6 Å². The SMILES string of the molecule is COc1ccc(CNC(=O)[C@@H]2CC(=O)c3cc(F)ccc3O2)cc1. The summed E-state index contributed by atoms with van der Waals surface area (Å²) in [7, 11) is 1.58. The molecule has 0 spiro atoms. The lowest BCUT2D eigenvalue weighted by molar-refractivity contribution is -0.128. The van der Waals surface area contributed by atoms with Gasteiger partial charge in [-0.3, -0.25) is 9.59 Å². The third kappa shape index (κ3) is 3.37. The predicted molar refractivity (Wildman–Crippen MR) is 84.6 cm³/mol. The van der Waals surface area contributed by atoms with Crippen molar-refractivity contribution >= 4 is 11.7 Å². The molecule has 1 heterocycles. The Bertz CT molecular complexity index is 773. The number of amides is 1. The summed E-state index contributed by atoms with van der Waals surface area (Å²) in [5.41, 5.74) is 1.07. The molecular formula is C18H16FNO4. The fourth-order valence-corrected chi connectivity index (χ4v) is 2.49. The molecule has 24 heavy (non-hydrogen) atoms. The average Bonchev–Trinajstić information content (AvgIpc) is 2.60. The van der Waals surface area contributed by atoms with Crippen LogP contribution in [0.1, 0.15) is 22.3 Å². The third-order valence-corrected chi connectivity index (χ3v) is 3.80. The van der Waals surface area contributed by atoms with E-state index in [4.69, 9.17) is 9.47 Å². The first kappa shape index (κ1) is 16.0. The van der Waals surface area contributed by atoms with E-state index in [0.717, 1.165) is 17.4 Å². The van der Waals surface area contributed by atoms with Crippen molar-refractivity contribution in [2.45, 2.75) is 19.1 Å². The molecule has 1 aliphatic heterocycles. The zero-order valence-corrected chi connectivity index (χ0v) is 13.0. The van der Waals surface area contributed by atoms with Crippen molar-refractivity contribution in [1.82, 2.24) is 5.32 Å². The summed E-state index contributed by atoms with van der Waals surface area (Å²) in [6, 6.07) is 11.0. The van der Waals surface area contributed by atoms with Crippen LogP contribution >= 0.6 is 0 Å². The number of halogens is 1. The Labute approximate surface area is 138 Å². The van der Waals surface area contributed by atoms with E-state index in [-0.39, 0.29) is 29.4 Å². The average molecular weight is 329 g/mol. The van der Waals surface area contributed by atoms with Crippen molar-refractivity contribution in [3.63, 3.8) is 0 Å². The quantitative estimate of drug-likeness (QED) is 0.936. The second-order valence-electron chi connectivity index (χ2n) is 5.44. The van der Waals surface area contributed by atoms with Crippen LogP contribution in [0.3, 0.4) is 0 Å². The number of hydrogen-bond acceptors (Lipinski definition) is 4. The van der Waals surface area contributed by atoms with E-state index in [1.165, 1.54) is 12.1 Å². The van der Waals surface area contributed by atoms with E-state index in [9.17, 15) is 14.0 Å². The van der Waals surface area contributed by atoms with Gasteiger partial charge in [-0.1, -0.05) is 12.1 Å². The molecule has 0 aliphatic carbocycles. The Hall–Kier alpha value is -2.89. The maximum Gasteiger partial charge on any atom is 0.261 e. The smallest absolute Gasteiger partial charge is 0.261 e. The Morgan fingerprint density at radius 1 is 1.29 bits per heavy atom. The summed E-state index contributed by atoms with van der Waals surface area (Å²) in [6.07, 6.45) is -1.01. The van der Waals surface area contributed by atoms with E-state index >= 15 is 0 Å². The van der Waals surface area contributed by atoms with E-state index in [1.807, 2.05) is 12.1 Å². The van der Waals surface area contributed by atoms with Crippen molar-refractivity contribution in [1.29, 1.82) is 0 Å². The Morgan fingerprint density at radius 2 is 2.04 bits per heavy atom. The summed E-state index contributed by atoms with van der Waals surface area (Å²) in [6.45, 7) is 0.313. The van der Waals surface area contributed by atoms with Crippen molar-refractivity contribution in [2.24, 2.45) is 0 Å². The van der Waals surface area contributed by atoms with Gasteiger partial charge in [-0.15, -0.1) is 0 Å². The highest BCUT2D eigenvalue weighted by Crippen LogP contribution is 2.28. The van der Waals surface area contributed by atoms with Crippen LogP contribution < -0.4 is 14.8 Å². The van der Waals surface area contributed by atoms with Gasteiger partial charge in [0.15, 0.2) is 11.9 Å². The first-order valence-electron chi connectivity index (χ1n) is 7.47. The zero-order chi connectivity index (χ0) is 17.1. The molecule has 1 N–H and O–H groups in total. The zero-order valence-electron chi connectivity index (χ0n) is 13.0. The van der Waals surface area contributed by atoms with Crippen molar-refractivity contribution in [2.75, 3.05) is 7.11 Å². The van der Waals surface area contributed by atoms with Crippen molar-refractivity contribution in [3.05, 3.63) is 59.4 Å². The first-order valence-corrected chi connectivity index (χ1v) is 7.47. The number of ether oxygens (including phenoxy) is 2. The van der Waals surface area contributed by atoms with Crippen LogP contribution in [0.5, 0.6) is 11.5 Å². The minimum atomic E-state index is -0.909. The highest BCUT2D eigenvalue weighted by molar-refractivity contribution is 6.03. The molecule has 124 valence electrons. The van der Waals surface area contributed by atoms with Crippen LogP contribution in [0.15, 0.2) is 42.5 Å². The van der Waals surface area contributed by atoms with Crippen molar-refractivity contribution in [3.8, 4) is 11.5 Å². The molecule has 1 amide bonds. The molecule has 0 bridgehead atoms. The molecule has 3 rings (SSSR count). The monoisotopic (exact) mass is 329 g/mol. The number of rotatable bonds is 4. The molecule has 1 atom stereocenters. The van der Waals surface area contributed by atoms with Gasteiger partial charge in [0, 0.05) is 6.54 Å². The number of carbonyl (C=O) groups excluding carboxylic acids is 2. The van der Waals surface area contributed by atoms with E-state index in [2.05, 4.69) is 5.32 Å². The van der Waals surface area contributed by atoms with Gasteiger partial charge in [0.05, 0.1) is 19.1 Å². The number of nitrogens with one attached hydrogen (secondary N) is 1. The highest BCUT2D eigenvalue weighted by atomic mass is 19.1. The maximum atomic E-state index is 13.2. The molecular weight excluding hydrogens is 313 g/mol. The molecule has 6 heteroatoms. The number of benzene rings is 2. The van der Waals surface area contributed by atoms with Gasteiger partial charge in [-0.05, 0) is 35.9 Å². The van der Waals surface area contributed by atoms with Crippen LogP contribution in [0, 0.1) is 5.82 Å². The molecule has 0 saturated carbocycles. The molecule has 1 aliphatic rings. The summed E-state index contributed by atoms with van der Waals surface area (Å²) in [5.74, 6) is -0.227. The fourth-order valence-electron chi connectivity index (χ4n) is 2.49. The molecule has 2 aromatic rings. The summed E-state index contributed by atoms with van der Waals surface area (Å²) >= 11 is 0. The van der Waals surface area contributed by atoms with E-state index in [0.29, 0.717) is 6.54 Å². The Balaban J connectivity index is 1.63. The molecule has 5 nitrogen and oxygen atoms in total. The minimum Gasteiger partial charge on any atom is -0.497 e. The largest absolute Gasteiger partial charge is 0.497 e. The second kappa shape index (κ2) is 6.70. The van der Waals surface area contributed by atoms with Gasteiger partial charge in [-0.2, -0.15) is 0 Å². The number of carbonyl (C=O) groups is 2. The van der Waals surface area contributed by atoms with E-state index in [1.54, 1.807) is 19.2 Å². The normalized spacial score (nSPS) is 16.1. The number of hydrogen-bond donors (Lipinski definition) is 1. The van der Waals surface area contributed by atoms with Crippen molar-refractivity contribution < 1.29 is 23.5 Å². The molecule has 0 saturated heterocycles. The highest BCUT2D eigenvalue weighted by Gasteiger charge is 2.31.